The van der Waals surface area contributed by atoms with Crippen molar-refractivity contribution in [2.24, 2.45) is 5.92 Å². The minimum Gasteiger partial charge on any atom is -0.506 e. The standard InChI is InChI=1S/C26H24Cl2N2O4S/c1-2-34-17-8-6-16(7-9-17)30-35(32,33)18-10-11-24-21(14-18)19-4-3-5-20(19)25(29-24)22-12-15(27)13-23(28)26(22)31/h3-4,6-14,19-20,25,29-31H,2,5H2,1H3. The number of ether oxygens (including phenoxy) is 1. The van der Waals surface area contributed by atoms with Crippen LogP contribution in [0.1, 0.15) is 36.4 Å². The van der Waals surface area contributed by atoms with Crippen LogP contribution in [-0.4, -0.2) is 20.1 Å². The van der Waals surface area contributed by atoms with Crippen LogP contribution in [0.25, 0.3) is 0 Å². The fourth-order valence-corrected chi connectivity index (χ4v) is 6.47. The van der Waals surface area contributed by atoms with Gasteiger partial charge in [-0.3, -0.25) is 4.72 Å². The van der Waals surface area contributed by atoms with Crippen molar-refractivity contribution in [3.05, 3.63) is 87.9 Å². The van der Waals surface area contributed by atoms with Crippen molar-refractivity contribution in [2.45, 2.75) is 30.2 Å². The van der Waals surface area contributed by atoms with Gasteiger partial charge in [0.1, 0.15) is 11.5 Å². The lowest BCUT2D eigenvalue weighted by Crippen LogP contribution is -2.29. The van der Waals surface area contributed by atoms with Gasteiger partial charge in [-0.15, -0.1) is 0 Å². The molecule has 0 spiro atoms. The molecule has 3 atom stereocenters. The summed E-state index contributed by atoms with van der Waals surface area (Å²) >= 11 is 12.4. The highest BCUT2D eigenvalue weighted by Crippen LogP contribution is 2.52. The molecule has 1 aliphatic carbocycles. The summed E-state index contributed by atoms with van der Waals surface area (Å²) in [5.74, 6) is 0.728. The smallest absolute Gasteiger partial charge is 0.261 e. The normalized spacial score (nSPS) is 20.6. The molecule has 3 aromatic carbocycles. The van der Waals surface area contributed by atoms with Gasteiger partial charge in [0.15, 0.2) is 0 Å². The number of hydrogen-bond donors (Lipinski definition) is 3. The highest BCUT2D eigenvalue weighted by Gasteiger charge is 2.39. The second kappa shape index (κ2) is 9.30. The highest BCUT2D eigenvalue weighted by molar-refractivity contribution is 7.92. The lowest BCUT2D eigenvalue weighted by molar-refractivity contribution is 0.340. The van der Waals surface area contributed by atoms with E-state index in [0.717, 1.165) is 17.7 Å². The second-order valence-electron chi connectivity index (χ2n) is 8.61. The number of halogens is 2. The lowest BCUT2D eigenvalue weighted by Gasteiger charge is -2.38. The first-order valence-corrected chi connectivity index (χ1v) is 13.5. The van der Waals surface area contributed by atoms with E-state index in [1.54, 1.807) is 48.5 Å². The average molecular weight is 531 g/mol. The summed E-state index contributed by atoms with van der Waals surface area (Å²) < 4.78 is 34.4. The number of allylic oxidation sites excluding steroid dienone is 2. The van der Waals surface area contributed by atoms with Gasteiger partial charge in [0.25, 0.3) is 10.0 Å². The van der Waals surface area contributed by atoms with E-state index in [0.29, 0.717) is 28.6 Å². The maximum atomic E-state index is 13.2. The predicted octanol–water partition coefficient (Wildman–Crippen LogP) is 6.73. The number of rotatable bonds is 6. The number of anilines is 2. The highest BCUT2D eigenvalue weighted by atomic mass is 35.5. The Kier molecular flexibility index (Phi) is 6.34. The van der Waals surface area contributed by atoms with Crippen LogP contribution in [0, 0.1) is 5.92 Å². The van der Waals surface area contributed by atoms with Crippen LogP contribution in [0.5, 0.6) is 11.5 Å². The summed E-state index contributed by atoms with van der Waals surface area (Å²) in [6.45, 7) is 2.43. The van der Waals surface area contributed by atoms with E-state index in [1.165, 1.54) is 6.07 Å². The van der Waals surface area contributed by atoms with Crippen molar-refractivity contribution < 1.29 is 18.3 Å². The third-order valence-corrected chi connectivity index (χ3v) is 8.34. The molecule has 5 rings (SSSR count). The van der Waals surface area contributed by atoms with Crippen molar-refractivity contribution in [1.29, 1.82) is 0 Å². The van der Waals surface area contributed by atoms with E-state index in [4.69, 9.17) is 27.9 Å². The summed E-state index contributed by atoms with van der Waals surface area (Å²) in [6, 6.07) is 14.9. The number of sulfonamides is 1. The largest absolute Gasteiger partial charge is 0.506 e. The van der Waals surface area contributed by atoms with Crippen molar-refractivity contribution in [1.82, 2.24) is 0 Å². The van der Waals surface area contributed by atoms with Gasteiger partial charge < -0.3 is 15.2 Å². The third kappa shape index (κ3) is 4.56. The molecule has 3 aromatic rings. The van der Waals surface area contributed by atoms with Crippen molar-refractivity contribution in [2.75, 3.05) is 16.6 Å². The Morgan fingerprint density at radius 3 is 2.60 bits per heavy atom. The third-order valence-electron chi connectivity index (χ3n) is 6.45. The maximum absolute atomic E-state index is 13.2. The van der Waals surface area contributed by atoms with E-state index in [9.17, 15) is 13.5 Å². The molecule has 182 valence electrons. The molecule has 3 unspecified atom stereocenters. The average Bonchev–Trinajstić information content (AvgIpc) is 3.32. The van der Waals surface area contributed by atoms with Crippen molar-refractivity contribution >= 4 is 44.6 Å². The van der Waals surface area contributed by atoms with E-state index in [1.807, 2.05) is 6.92 Å². The number of fused-ring (bicyclic) bond motifs is 3. The predicted molar refractivity (Wildman–Crippen MR) is 139 cm³/mol. The first-order valence-electron chi connectivity index (χ1n) is 11.3. The molecule has 0 radical (unpaired) electrons. The zero-order valence-electron chi connectivity index (χ0n) is 18.8. The number of benzene rings is 3. The lowest BCUT2D eigenvalue weighted by atomic mass is 9.77. The number of phenols is 1. The topological polar surface area (TPSA) is 87.7 Å². The van der Waals surface area contributed by atoms with Crippen LogP contribution in [0.4, 0.5) is 11.4 Å². The number of phenolic OH excluding ortho intramolecular Hbond substituents is 1. The van der Waals surface area contributed by atoms with Gasteiger partial charge in [0.05, 0.1) is 22.6 Å². The van der Waals surface area contributed by atoms with Gasteiger partial charge in [0, 0.05) is 27.9 Å². The van der Waals surface area contributed by atoms with Gasteiger partial charge in [-0.25, -0.2) is 8.42 Å². The molecule has 2 aliphatic rings. The van der Waals surface area contributed by atoms with Gasteiger partial charge >= 0.3 is 0 Å². The summed E-state index contributed by atoms with van der Waals surface area (Å²) in [5, 5.41) is 14.8. The molecule has 0 aromatic heterocycles. The first-order chi connectivity index (χ1) is 16.8. The minimum absolute atomic E-state index is 0.00131. The summed E-state index contributed by atoms with van der Waals surface area (Å²) in [5.41, 5.74) is 2.78. The summed E-state index contributed by atoms with van der Waals surface area (Å²) in [4.78, 5) is 0.179. The van der Waals surface area contributed by atoms with Crippen molar-refractivity contribution in [3.8, 4) is 11.5 Å². The van der Waals surface area contributed by atoms with E-state index in [-0.39, 0.29) is 33.5 Å². The fraction of sp³-hybridized carbons (Fsp3) is 0.231. The molecule has 0 bridgehead atoms. The van der Waals surface area contributed by atoms with E-state index < -0.39 is 10.0 Å². The molecule has 0 saturated heterocycles. The summed E-state index contributed by atoms with van der Waals surface area (Å²) in [7, 11) is -3.80. The van der Waals surface area contributed by atoms with Gasteiger partial charge in [0.2, 0.25) is 0 Å². The number of aromatic hydroxyl groups is 1. The molecule has 35 heavy (non-hydrogen) atoms. The van der Waals surface area contributed by atoms with Gasteiger partial charge in [-0.1, -0.05) is 35.4 Å². The minimum atomic E-state index is -3.80. The Morgan fingerprint density at radius 2 is 1.86 bits per heavy atom. The van der Waals surface area contributed by atoms with Crippen LogP contribution in [0.15, 0.2) is 71.6 Å². The second-order valence-corrected chi connectivity index (χ2v) is 11.1. The molecule has 1 aliphatic heterocycles. The Labute approximate surface area is 214 Å². The van der Waals surface area contributed by atoms with E-state index >= 15 is 0 Å². The van der Waals surface area contributed by atoms with Crippen LogP contribution in [0.3, 0.4) is 0 Å². The SMILES string of the molecule is CCOc1ccc(NS(=O)(=O)c2ccc3c(c2)C2C=CCC2C(c2cc(Cl)cc(Cl)c2O)N3)cc1. The number of nitrogens with one attached hydrogen (secondary N) is 2. The molecular formula is C26H24Cl2N2O4S. The molecule has 3 N–H and O–H groups in total. The Balaban J connectivity index is 1.46. The maximum Gasteiger partial charge on any atom is 0.261 e. The molecule has 1 heterocycles. The first kappa shape index (κ1) is 23.9. The summed E-state index contributed by atoms with van der Waals surface area (Å²) in [6.07, 6.45) is 4.95. The van der Waals surface area contributed by atoms with Crippen LogP contribution in [-0.2, 0) is 10.0 Å². The van der Waals surface area contributed by atoms with Gasteiger partial charge in [-0.05, 0) is 79.4 Å². The quantitative estimate of drug-likeness (QED) is 0.307. The monoisotopic (exact) mass is 530 g/mol. The Morgan fingerprint density at radius 1 is 1.09 bits per heavy atom. The zero-order chi connectivity index (χ0) is 24.7. The zero-order valence-corrected chi connectivity index (χ0v) is 21.2. The molecule has 9 heteroatoms. The molecular weight excluding hydrogens is 507 g/mol. The van der Waals surface area contributed by atoms with Gasteiger partial charge in [-0.2, -0.15) is 0 Å². The Hall–Kier alpha value is -2.87. The van der Waals surface area contributed by atoms with E-state index in [2.05, 4.69) is 22.2 Å². The molecule has 0 saturated carbocycles. The van der Waals surface area contributed by atoms with Crippen LogP contribution < -0.4 is 14.8 Å². The molecule has 6 nitrogen and oxygen atoms in total. The van der Waals surface area contributed by atoms with Crippen LogP contribution in [0.2, 0.25) is 10.0 Å². The Bertz CT molecular complexity index is 1410. The fourth-order valence-electron chi connectivity index (χ4n) is 4.87. The molecule has 0 amide bonds. The van der Waals surface area contributed by atoms with Crippen LogP contribution >= 0.6 is 23.2 Å². The molecule has 0 fully saturated rings. The van der Waals surface area contributed by atoms with Crippen molar-refractivity contribution in [3.63, 3.8) is 0 Å². The number of hydrogen-bond acceptors (Lipinski definition) is 5.